The Balaban J connectivity index is 1.94. The minimum Gasteiger partial charge on any atom is -0.326 e. The number of nitrogens with zero attached hydrogens (tertiary/aromatic N) is 1. The molecule has 0 unspecified atom stereocenters. The lowest BCUT2D eigenvalue weighted by molar-refractivity contribution is 0.582. The number of thiophene rings is 1. The molecule has 102 valence electrons. The van der Waals surface area contributed by atoms with Crippen LogP contribution >= 0.6 is 11.3 Å². The van der Waals surface area contributed by atoms with Gasteiger partial charge in [0.05, 0.1) is 4.90 Å². The maximum absolute atomic E-state index is 12.0. The molecule has 19 heavy (non-hydrogen) atoms. The Morgan fingerprint density at radius 1 is 1.42 bits per heavy atom. The van der Waals surface area contributed by atoms with Gasteiger partial charge >= 0.3 is 0 Å². The van der Waals surface area contributed by atoms with E-state index >= 15 is 0 Å². The van der Waals surface area contributed by atoms with Crippen molar-refractivity contribution < 1.29 is 8.42 Å². The highest BCUT2D eigenvalue weighted by Gasteiger charge is 2.15. The van der Waals surface area contributed by atoms with E-state index in [0.717, 1.165) is 10.4 Å². The van der Waals surface area contributed by atoms with Gasteiger partial charge in [0, 0.05) is 35.7 Å². The second-order valence-electron chi connectivity index (χ2n) is 3.96. The lowest BCUT2D eigenvalue weighted by Gasteiger charge is -2.04. The van der Waals surface area contributed by atoms with E-state index in [9.17, 15) is 8.42 Å². The Kier molecular flexibility index (Phi) is 4.65. The lowest BCUT2D eigenvalue weighted by atomic mass is 10.2. The van der Waals surface area contributed by atoms with Gasteiger partial charge in [0.15, 0.2) is 0 Å². The van der Waals surface area contributed by atoms with Crippen molar-refractivity contribution in [1.82, 2.24) is 9.71 Å². The monoisotopic (exact) mass is 297 g/mol. The van der Waals surface area contributed by atoms with Gasteiger partial charge in [0.1, 0.15) is 0 Å². The zero-order valence-electron chi connectivity index (χ0n) is 10.2. The highest BCUT2D eigenvalue weighted by Crippen LogP contribution is 2.18. The van der Waals surface area contributed by atoms with Crippen LogP contribution in [0.1, 0.15) is 10.4 Å². The molecule has 2 rings (SSSR count). The highest BCUT2D eigenvalue weighted by atomic mass is 32.2. The number of nitrogens with two attached hydrogens (primary N) is 1. The molecule has 0 aromatic carbocycles. The molecule has 3 N–H and O–H groups in total. The van der Waals surface area contributed by atoms with Gasteiger partial charge in [-0.25, -0.2) is 13.1 Å². The van der Waals surface area contributed by atoms with Crippen molar-refractivity contribution in [3.63, 3.8) is 0 Å². The molecule has 0 spiro atoms. The van der Waals surface area contributed by atoms with Crippen molar-refractivity contribution >= 4 is 21.4 Å². The summed E-state index contributed by atoms with van der Waals surface area (Å²) in [4.78, 5) is 5.12. The van der Waals surface area contributed by atoms with Crippen LogP contribution in [0.15, 0.2) is 40.9 Å². The molecule has 2 aromatic heterocycles. The average molecular weight is 297 g/mol. The van der Waals surface area contributed by atoms with Crippen LogP contribution < -0.4 is 10.5 Å². The second kappa shape index (κ2) is 6.25. The van der Waals surface area contributed by atoms with E-state index in [0.29, 0.717) is 19.5 Å². The molecule has 0 saturated carbocycles. The third-order valence-corrected chi connectivity index (χ3v) is 5.12. The van der Waals surface area contributed by atoms with Gasteiger partial charge < -0.3 is 5.73 Å². The van der Waals surface area contributed by atoms with Gasteiger partial charge in [0.2, 0.25) is 10.0 Å². The zero-order valence-corrected chi connectivity index (χ0v) is 11.9. The van der Waals surface area contributed by atoms with Crippen LogP contribution in [0, 0.1) is 0 Å². The van der Waals surface area contributed by atoms with E-state index in [2.05, 4.69) is 9.71 Å². The molecule has 0 saturated heterocycles. The summed E-state index contributed by atoms with van der Waals surface area (Å²) in [6, 6.07) is 5.35. The molecular weight excluding hydrogens is 282 g/mol. The van der Waals surface area contributed by atoms with Gasteiger partial charge in [0.25, 0.3) is 0 Å². The van der Waals surface area contributed by atoms with Gasteiger partial charge in [-0.15, -0.1) is 11.3 Å². The van der Waals surface area contributed by atoms with Crippen LogP contribution in [0.25, 0.3) is 0 Å². The van der Waals surface area contributed by atoms with E-state index in [1.807, 2.05) is 12.1 Å². The molecule has 5 nitrogen and oxygen atoms in total. The first-order valence-electron chi connectivity index (χ1n) is 5.78. The number of pyridine rings is 1. The molecule has 0 aliphatic heterocycles. The van der Waals surface area contributed by atoms with Crippen molar-refractivity contribution in [3.8, 4) is 0 Å². The number of rotatable bonds is 6. The smallest absolute Gasteiger partial charge is 0.241 e. The third kappa shape index (κ3) is 3.84. The topological polar surface area (TPSA) is 85.1 Å². The largest absolute Gasteiger partial charge is 0.326 e. The molecule has 0 fully saturated rings. The molecule has 0 radical (unpaired) electrons. The standard InChI is InChI=1S/C12H15N3O2S2/c13-7-11-6-12(9-18-11)19(16,17)15-5-3-10-2-1-4-14-8-10/h1-2,4,6,8-9,15H,3,5,7,13H2. The molecule has 7 heteroatoms. The quantitative estimate of drug-likeness (QED) is 0.837. The predicted octanol–water partition coefficient (Wildman–Crippen LogP) is 1.12. The lowest BCUT2D eigenvalue weighted by Crippen LogP contribution is -2.25. The minimum atomic E-state index is -3.44. The molecule has 2 heterocycles. The molecule has 0 amide bonds. The normalized spacial score (nSPS) is 11.6. The summed E-state index contributed by atoms with van der Waals surface area (Å²) in [5.41, 5.74) is 6.47. The summed E-state index contributed by atoms with van der Waals surface area (Å²) in [7, 11) is -3.44. The van der Waals surface area contributed by atoms with Crippen molar-refractivity contribution in [2.24, 2.45) is 5.73 Å². The van der Waals surface area contributed by atoms with Gasteiger partial charge in [-0.05, 0) is 24.1 Å². The fourth-order valence-corrected chi connectivity index (χ4v) is 3.75. The summed E-state index contributed by atoms with van der Waals surface area (Å²) in [5.74, 6) is 0. The average Bonchev–Trinajstić information content (AvgIpc) is 2.89. The van der Waals surface area contributed by atoms with Gasteiger partial charge in [-0.1, -0.05) is 6.07 Å². The van der Waals surface area contributed by atoms with Crippen molar-refractivity contribution in [2.45, 2.75) is 17.9 Å². The minimum absolute atomic E-state index is 0.282. The first-order valence-corrected chi connectivity index (χ1v) is 8.14. The number of hydrogen-bond acceptors (Lipinski definition) is 5. The van der Waals surface area contributed by atoms with Crippen molar-refractivity contribution in [1.29, 1.82) is 0 Å². The maximum atomic E-state index is 12.0. The maximum Gasteiger partial charge on any atom is 0.241 e. The van der Waals surface area contributed by atoms with Crippen molar-refractivity contribution in [3.05, 3.63) is 46.4 Å². The SMILES string of the molecule is NCc1cc(S(=O)(=O)NCCc2cccnc2)cs1. The Labute approximate surface area is 116 Å². The van der Waals surface area contributed by atoms with Crippen LogP contribution in [-0.4, -0.2) is 19.9 Å². The second-order valence-corrected chi connectivity index (χ2v) is 6.72. The fourth-order valence-electron chi connectivity index (χ4n) is 1.57. The molecular formula is C12H15N3O2S2. The van der Waals surface area contributed by atoms with E-state index in [4.69, 9.17) is 5.73 Å². The summed E-state index contributed by atoms with van der Waals surface area (Å²) in [6.45, 7) is 0.706. The van der Waals surface area contributed by atoms with Crippen LogP contribution in [-0.2, 0) is 23.0 Å². The molecule has 0 aliphatic carbocycles. The van der Waals surface area contributed by atoms with Crippen LogP contribution in [0.3, 0.4) is 0 Å². The van der Waals surface area contributed by atoms with Crippen LogP contribution in [0.5, 0.6) is 0 Å². The number of aromatic nitrogens is 1. The van der Waals surface area contributed by atoms with Crippen LogP contribution in [0.2, 0.25) is 0 Å². The molecule has 0 atom stereocenters. The summed E-state index contributed by atoms with van der Waals surface area (Å²) in [6.07, 6.45) is 4.03. The summed E-state index contributed by atoms with van der Waals surface area (Å²) >= 11 is 1.35. The van der Waals surface area contributed by atoms with Crippen molar-refractivity contribution in [2.75, 3.05) is 6.54 Å². The molecule has 0 bridgehead atoms. The summed E-state index contributed by atoms with van der Waals surface area (Å²) in [5, 5.41) is 1.61. The highest BCUT2D eigenvalue weighted by molar-refractivity contribution is 7.89. The Morgan fingerprint density at radius 2 is 2.26 bits per heavy atom. The first kappa shape index (κ1) is 14.1. The fraction of sp³-hybridized carbons (Fsp3) is 0.250. The zero-order chi connectivity index (χ0) is 13.7. The Morgan fingerprint density at radius 3 is 2.89 bits per heavy atom. The third-order valence-electron chi connectivity index (χ3n) is 2.57. The predicted molar refractivity (Wildman–Crippen MR) is 75.3 cm³/mol. The van der Waals surface area contributed by atoms with E-state index in [1.165, 1.54) is 11.3 Å². The Bertz CT molecular complexity index is 623. The van der Waals surface area contributed by atoms with Gasteiger partial charge in [-0.2, -0.15) is 0 Å². The van der Waals surface area contributed by atoms with Gasteiger partial charge in [-0.3, -0.25) is 4.98 Å². The molecule has 0 aliphatic rings. The van der Waals surface area contributed by atoms with Crippen LogP contribution in [0.4, 0.5) is 0 Å². The van der Waals surface area contributed by atoms with E-state index in [1.54, 1.807) is 23.8 Å². The van der Waals surface area contributed by atoms with E-state index in [-0.39, 0.29) is 4.90 Å². The summed E-state index contributed by atoms with van der Waals surface area (Å²) < 4.78 is 26.6. The number of sulfonamides is 1. The number of nitrogens with one attached hydrogen (secondary N) is 1. The first-order chi connectivity index (χ1) is 9.12. The molecule has 2 aromatic rings. The Hall–Kier alpha value is -1.28. The number of hydrogen-bond donors (Lipinski definition) is 2. The van der Waals surface area contributed by atoms with E-state index < -0.39 is 10.0 Å².